The van der Waals surface area contributed by atoms with E-state index in [4.69, 9.17) is 9.47 Å². The van der Waals surface area contributed by atoms with Gasteiger partial charge in [0.2, 0.25) is 0 Å². The van der Waals surface area contributed by atoms with Gasteiger partial charge in [0.15, 0.2) is 9.84 Å². The van der Waals surface area contributed by atoms with Crippen molar-refractivity contribution in [2.24, 2.45) is 0 Å². The van der Waals surface area contributed by atoms with Gasteiger partial charge in [-0.2, -0.15) is 0 Å². The van der Waals surface area contributed by atoms with Crippen LogP contribution in [-0.2, 0) is 26.0 Å². The molecule has 1 amide bonds. The quantitative estimate of drug-likeness (QED) is 0.464. The number of carbonyl (C=O) groups is 1. The first kappa shape index (κ1) is 23.4. The van der Waals surface area contributed by atoms with Crippen LogP contribution in [0, 0.1) is 0 Å². The van der Waals surface area contributed by atoms with Gasteiger partial charge in [-0.25, -0.2) is 8.42 Å². The van der Waals surface area contributed by atoms with Gasteiger partial charge in [0.05, 0.1) is 17.3 Å². The predicted molar refractivity (Wildman–Crippen MR) is 121 cm³/mol. The summed E-state index contributed by atoms with van der Waals surface area (Å²) in [4.78, 5) is 18.1. The molecule has 7 nitrogen and oxygen atoms in total. The molecule has 0 aliphatic heterocycles. The predicted octanol–water partition coefficient (Wildman–Crippen LogP) is 3.71. The summed E-state index contributed by atoms with van der Waals surface area (Å²) in [6.07, 6.45) is 2.46. The fraction of sp³-hybridized carbons (Fsp3) is 0.250. The van der Waals surface area contributed by atoms with Gasteiger partial charge in [-0.1, -0.05) is 24.3 Å². The minimum Gasteiger partial charge on any atom is -0.457 e. The second-order valence-electron chi connectivity index (χ2n) is 7.39. The van der Waals surface area contributed by atoms with Crippen molar-refractivity contribution in [3.63, 3.8) is 0 Å². The van der Waals surface area contributed by atoms with Gasteiger partial charge < -0.3 is 14.4 Å². The van der Waals surface area contributed by atoms with Crippen molar-refractivity contribution in [1.29, 1.82) is 0 Å². The third kappa shape index (κ3) is 6.63. The molecule has 1 unspecified atom stereocenters. The highest BCUT2D eigenvalue weighted by Gasteiger charge is 2.25. The van der Waals surface area contributed by atoms with E-state index in [0.29, 0.717) is 11.5 Å². The van der Waals surface area contributed by atoms with Crippen LogP contribution in [0.1, 0.15) is 12.0 Å². The largest absolute Gasteiger partial charge is 0.457 e. The van der Waals surface area contributed by atoms with Crippen molar-refractivity contribution < 1.29 is 22.7 Å². The molecule has 0 bridgehead atoms. The number of pyridine rings is 1. The van der Waals surface area contributed by atoms with Crippen LogP contribution < -0.4 is 4.74 Å². The number of ether oxygens (including phenoxy) is 2. The molecule has 0 saturated carbocycles. The lowest BCUT2D eigenvalue weighted by Gasteiger charge is -2.21. The van der Waals surface area contributed by atoms with E-state index < -0.39 is 15.9 Å². The topological polar surface area (TPSA) is 85.8 Å². The number of para-hydroxylation sites is 1. The van der Waals surface area contributed by atoms with Gasteiger partial charge in [-0.05, 0) is 54.4 Å². The summed E-state index contributed by atoms with van der Waals surface area (Å²) in [5, 5.41) is 0. The number of carbonyl (C=O) groups excluding carboxylic acids is 1. The summed E-state index contributed by atoms with van der Waals surface area (Å²) >= 11 is 0. The Morgan fingerprint density at radius 1 is 0.969 bits per heavy atom. The Morgan fingerprint density at radius 3 is 2.28 bits per heavy atom. The summed E-state index contributed by atoms with van der Waals surface area (Å²) in [6, 6.07) is 19.1. The van der Waals surface area contributed by atoms with Crippen molar-refractivity contribution in [3.8, 4) is 11.5 Å². The third-order valence-corrected chi connectivity index (χ3v) is 6.46. The zero-order chi connectivity index (χ0) is 23.0. The molecule has 1 atom stereocenters. The maximum absolute atomic E-state index is 12.8. The zero-order valence-corrected chi connectivity index (χ0v) is 18.9. The highest BCUT2D eigenvalue weighted by Crippen LogP contribution is 2.23. The lowest BCUT2D eigenvalue weighted by atomic mass is 10.2. The molecule has 0 spiro atoms. The van der Waals surface area contributed by atoms with E-state index in [1.807, 2.05) is 36.4 Å². The Balaban J connectivity index is 1.64. The van der Waals surface area contributed by atoms with Gasteiger partial charge in [0.1, 0.15) is 17.6 Å². The van der Waals surface area contributed by atoms with Crippen molar-refractivity contribution in [1.82, 2.24) is 9.88 Å². The molecule has 0 aliphatic rings. The van der Waals surface area contributed by atoms with Gasteiger partial charge in [0, 0.05) is 26.5 Å². The van der Waals surface area contributed by atoms with Crippen LogP contribution >= 0.6 is 0 Å². The fourth-order valence-corrected chi connectivity index (χ4v) is 4.28. The number of likely N-dealkylation sites (N-methyl/N-ethyl adjacent to an activating group) is 1. The van der Waals surface area contributed by atoms with Crippen LogP contribution in [0.15, 0.2) is 84.0 Å². The smallest absolute Gasteiger partial charge is 0.251 e. The molecule has 0 saturated heterocycles. The van der Waals surface area contributed by atoms with Crippen LogP contribution in [0.25, 0.3) is 0 Å². The molecular weight excluding hydrogens is 428 g/mol. The standard InChI is InChI=1S/C24H26N2O5S/c1-26(2)24(27)23(30-18-19-7-6-15-25-17-19)14-16-32(28,29)22-12-10-21(11-13-22)31-20-8-4-3-5-9-20/h3-13,15,17,23H,14,16,18H2,1-2H3. The highest BCUT2D eigenvalue weighted by molar-refractivity contribution is 7.91. The Morgan fingerprint density at radius 2 is 1.66 bits per heavy atom. The Kier molecular flexibility index (Phi) is 7.97. The van der Waals surface area contributed by atoms with E-state index in [-0.39, 0.29) is 29.6 Å². The molecule has 0 radical (unpaired) electrons. The van der Waals surface area contributed by atoms with Gasteiger partial charge >= 0.3 is 0 Å². The number of nitrogens with zero attached hydrogens (tertiary/aromatic N) is 2. The van der Waals surface area contributed by atoms with E-state index in [2.05, 4.69) is 4.98 Å². The van der Waals surface area contributed by atoms with E-state index in [0.717, 1.165) is 5.56 Å². The number of aromatic nitrogens is 1. The molecule has 8 heteroatoms. The summed E-state index contributed by atoms with van der Waals surface area (Å²) in [7, 11) is -0.378. The first-order valence-electron chi connectivity index (χ1n) is 10.1. The third-order valence-electron chi connectivity index (χ3n) is 4.70. The number of amides is 1. The fourth-order valence-electron chi connectivity index (χ4n) is 2.97. The molecule has 0 N–H and O–H groups in total. The number of hydrogen-bond acceptors (Lipinski definition) is 6. The molecule has 1 heterocycles. The number of hydrogen-bond donors (Lipinski definition) is 0. The Labute approximate surface area is 188 Å². The van der Waals surface area contributed by atoms with Gasteiger partial charge in [-0.15, -0.1) is 0 Å². The highest BCUT2D eigenvalue weighted by atomic mass is 32.2. The lowest BCUT2D eigenvalue weighted by Crippen LogP contribution is -2.36. The average Bonchev–Trinajstić information content (AvgIpc) is 2.80. The Hall–Kier alpha value is -3.23. The first-order chi connectivity index (χ1) is 15.3. The van der Waals surface area contributed by atoms with Gasteiger partial charge in [-0.3, -0.25) is 9.78 Å². The van der Waals surface area contributed by atoms with Crippen molar-refractivity contribution >= 4 is 15.7 Å². The minimum absolute atomic E-state index is 0.0435. The Bertz CT molecular complexity index is 1100. The minimum atomic E-state index is -3.61. The molecule has 2 aromatic carbocycles. The molecule has 0 aliphatic carbocycles. The zero-order valence-electron chi connectivity index (χ0n) is 18.0. The van der Waals surface area contributed by atoms with Crippen LogP contribution in [0.3, 0.4) is 0 Å². The first-order valence-corrected chi connectivity index (χ1v) is 11.8. The van der Waals surface area contributed by atoms with E-state index in [1.54, 1.807) is 44.7 Å². The lowest BCUT2D eigenvalue weighted by molar-refractivity contribution is -0.142. The number of benzene rings is 2. The van der Waals surface area contributed by atoms with E-state index in [9.17, 15) is 13.2 Å². The van der Waals surface area contributed by atoms with Crippen LogP contribution in [0.4, 0.5) is 0 Å². The van der Waals surface area contributed by atoms with E-state index in [1.165, 1.54) is 17.0 Å². The van der Waals surface area contributed by atoms with Crippen molar-refractivity contribution in [3.05, 3.63) is 84.7 Å². The maximum atomic E-state index is 12.8. The van der Waals surface area contributed by atoms with Crippen molar-refractivity contribution in [2.45, 2.75) is 24.0 Å². The van der Waals surface area contributed by atoms with Crippen molar-refractivity contribution in [2.75, 3.05) is 19.8 Å². The van der Waals surface area contributed by atoms with Gasteiger partial charge in [0.25, 0.3) is 5.91 Å². The molecule has 1 aromatic heterocycles. The van der Waals surface area contributed by atoms with E-state index >= 15 is 0 Å². The van der Waals surface area contributed by atoms with Crippen LogP contribution in [0.5, 0.6) is 11.5 Å². The normalized spacial score (nSPS) is 12.2. The summed E-state index contributed by atoms with van der Waals surface area (Å²) in [6.45, 7) is 0.170. The molecular formula is C24H26N2O5S. The molecule has 168 valence electrons. The van der Waals surface area contributed by atoms with Crippen LogP contribution in [-0.4, -0.2) is 50.2 Å². The SMILES string of the molecule is CN(C)C(=O)C(CCS(=O)(=O)c1ccc(Oc2ccccc2)cc1)OCc1cccnc1. The summed E-state index contributed by atoms with van der Waals surface area (Å²) < 4.78 is 37.1. The number of sulfone groups is 1. The summed E-state index contributed by atoms with van der Waals surface area (Å²) in [5.41, 5.74) is 0.806. The molecule has 32 heavy (non-hydrogen) atoms. The molecule has 3 aromatic rings. The molecule has 0 fully saturated rings. The summed E-state index contributed by atoms with van der Waals surface area (Å²) in [5.74, 6) is 0.702. The monoisotopic (exact) mass is 454 g/mol. The number of rotatable bonds is 10. The van der Waals surface area contributed by atoms with Crippen LogP contribution in [0.2, 0.25) is 0 Å². The maximum Gasteiger partial charge on any atom is 0.251 e. The molecule has 3 rings (SSSR count). The second kappa shape index (κ2) is 10.9. The average molecular weight is 455 g/mol. The second-order valence-corrected chi connectivity index (χ2v) is 9.50.